The van der Waals surface area contributed by atoms with Crippen LogP contribution in [0, 0.1) is 0 Å². The van der Waals surface area contributed by atoms with E-state index in [0.29, 0.717) is 24.6 Å². The highest BCUT2D eigenvalue weighted by molar-refractivity contribution is 6.30. The van der Waals surface area contributed by atoms with Crippen molar-refractivity contribution in [1.29, 1.82) is 0 Å². The van der Waals surface area contributed by atoms with Crippen molar-refractivity contribution >= 4 is 23.2 Å². The van der Waals surface area contributed by atoms with Gasteiger partial charge in [-0.25, -0.2) is 0 Å². The van der Waals surface area contributed by atoms with E-state index in [2.05, 4.69) is 37.2 Å². The Hall–Kier alpha value is -2.82. The number of benzene rings is 3. The Bertz CT molecular complexity index is 1050. The summed E-state index contributed by atoms with van der Waals surface area (Å²) in [5.41, 5.74) is 4.29. The lowest BCUT2D eigenvalue weighted by molar-refractivity contribution is -0.119. The van der Waals surface area contributed by atoms with Crippen LogP contribution in [0.15, 0.2) is 72.8 Å². The number of anilines is 1. The fourth-order valence-electron chi connectivity index (χ4n) is 4.18. The quantitative estimate of drug-likeness (QED) is 0.412. The molecule has 5 heteroatoms. The number of fused-ring (bicyclic) bond motifs is 1. The number of rotatable bonds is 8. The zero-order chi connectivity index (χ0) is 22.5. The summed E-state index contributed by atoms with van der Waals surface area (Å²) in [7, 11) is 4.13. The molecule has 0 bridgehead atoms. The van der Waals surface area contributed by atoms with Crippen LogP contribution in [0.4, 0.5) is 5.69 Å². The molecule has 1 unspecified atom stereocenters. The number of carbonyl (C=O) groups is 1. The van der Waals surface area contributed by atoms with Crippen molar-refractivity contribution in [1.82, 2.24) is 4.90 Å². The minimum Gasteiger partial charge on any atom is -0.494 e. The van der Waals surface area contributed by atoms with Gasteiger partial charge in [0.1, 0.15) is 5.75 Å². The molecule has 1 amide bonds. The monoisotopic (exact) mass is 448 g/mol. The van der Waals surface area contributed by atoms with Crippen LogP contribution in [-0.4, -0.2) is 38.1 Å². The fraction of sp³-hybridized carbons (Fsp3) is 0.296. The summed E-state index contributed by atoms with van der Waals surface area (Å²) in [6.45, 7) is 2.18. The number of halogens is 1. The van der Waals surface area contributed by atoms with Crippen molar-refractivity contribution in [3.63, 3.8) is 0 Å². The average Bonchev–Trinajstić information content (AvgIpc) is 2.80. The van der Waals surface area contributed by atoms with Crippen molar-refractivity contribution in [2.75, 3.05) is 32.1 Å². The molecule has 4 nitrogen and oxygen atoms in total. The first-order valence-corrected chi connectivity index (χ1v) is 11.4. The second-order valence-corrected chi connectivity index (χ2v) is 8.94. The molecule has 1 heterocycles. The van der Waals surface area contributed by atoms with Crippen LogP contribution in [0.5, 0.6) is 5.75 Å². The molecule has 1 aliphatic heterocycles. The second kappa shape index (κ2) is 10.2. The maximum absolute atomic E-state index is 13.2. The number of hydrogen-bond acceptors (Lipinski definition) is 3. The van der Waals surface area contributed by atoms with E-state index in [9.17, 15) is 4.79 Å². The molecule has 32 heavy (non-hydrogen) atoms. The largest absolute Gasteiger partial charge is 0.494 e. The number of nitrogens with zero attached hydrogens (tertiary/aromatic N) is 2. The molecule has 0 aromatic heterocycles. The van der Waals surface area contributed by atoms with Crippen LogP contribution in [0.3, 0.4) is 0 Å². The number of carbonyl (C=O) groups excluding carboxylic acids is 1. The van der Waals surface area contributed by atoms with Crippen molar-refractivity contribution < 1.29 is 9.53 Å². The van der Waals surface area contributed by atoms with Crippen LogP contribution >= 0.6 is 11.6 Å². The summed E-state index contributed by atoms with van der Waals surface area (Å²) >= 11 is 6.04. The molecule has 3 aromatic rings. The van der Waals surface area contributed by atoms with E-state index in [4.69, 9.17) is 16.3 Å². The molecule has 0 fully saturated rings. The smallest absolute Gasteiger partial charge is 0.228 e. The van der Waals surface area contributed by atoms with Crippen molar-refractivity contribution in [2.24, 2.45) is 0 Å². The molecule has 0 spiro atoms. The normalized spacial score (nSPS) is 15.7. The van der Waals surface area contributed by atoms with Gasteiger partial charge in [-0.15, -0.1) is 0 Å². The van der Waals surface area contributed by atoms with Gasteiger partial charge in [0.15, 0.2) is 0 Å². The van der Waals surface area contributed by atoms with Crippen LogP contribution in [0.1, 0.15) is 35.4 Å². The van der Waals surface area contributed by atoms with E-state index in [-0.39, 0.29) is 11.8 Å². The first kappa shape index (κ1) is 22.4. The molecule has 0 N–H and O–H groups in total. The summed E-state index contributed by atoms with van der Waals surface area (Å²) in [5.74, 6) is 0.996. The molecule has 0 aliphatic carbocycles. The van der Waals surface area contributed by atoms with Crippen molar-refractivity contribution in [3.8, 4) is 5.75 Å². The van der Waals surface area contributed by atoms with Crippen molar-refractivity contribution in [2.45, 2.75) is 25.3 Å². The van der Waals surface area contributed by atoms with E-state index >= 15 is 0 Å². The molecule has 166 valence electrons. The number of ether oxygens (including phenoxy) is 1. The van der Waals surface area contributed by atoms with Crippen LogP contribution in [0.25, 0.3) is 0 Å². The Balaban J connectivity index is 1.64. The van der Waals surface area contributed by atoms with Crippen LogP contribution in [-0.2, 0) is 11.3 Å². The molecule has 0 saturated carbocycles. The van der Waals surface area contributed by atoms with Gasteiger partial charge >= 0.3 is 0 Å². The summed E-state index contributed by atoms with van der Waals surface area (Å²) in [6, 6.07) is 24.1. The summed E-state index contributed by atoms with van der Waals surface area (Å²) in [6.07, 6.45) is 1.40. The van der Waals surface area contributed by atoms with Gasteiger partial charge in [-0.05, 0) is 67.5 Å². The predicted octanol–water partition coefficient (Wildman–Crippen LogP) is 5.74. The Morgan fingerprint density at radius 1 is 1.03 bits per heavy atom. The first-order chi connectivity index (χ1) is 15.5. The molecule has 0 radical (unpaired) electrons. The first-order valence-electron chi connectivity index (χ1n) is 11.0. The van der Waals surface area contributed by atoms with E-state index in [1.54, 1.807) is 0 Å². The molecule has 0 saturated heterocycles. The maximum Gasteiger partial charge on any atom is 0.228 e. The van der Waals surface area contributed by atoms with Crippen molar-refractivity contribution in [3.05, 3.63) is 94.5 Å². The van der Waals surface area contributed by atoms with Crippen LogP contribution < -0.4 is 9.64 Å². The van der Waals surface area contributed by atoms with Gasteiger partial charge in [-0.1, -0.05) is 54.1 Å². The second-order valence-electron chi connectivity index (χ2n) is 8.50. The summed E-state index contributed by atoms with van der Waals surface area (Å²) in [5, 5.41) is 0.694. The molecular formula is C27H29ClN2O2. The third-order valence-corrected chi connectivity index (χ3v) is 6.07. The molecule has 3 aromatic carbocycles. The highest BCUT2D eigenvalue weighted by Crippen LogP contribution is 2.42. The third kappa shape index (κ3) is 5.32. The predicted molar refractivity (Wildman–Crippen MR) is 131 cm³/mol. The number of hydrogen-bond donors (Lipinski definition) is 0. The molecule has 4 rings (SSSR count). The highest BCUT2D eigenvalue weighted by atomic mass is 35.5. The summed E-state index contributed by atoms with van der Waals surface area (Å²) in [4.78, 5) is 17.3. The standard InChI is InChI=1S/C27H29ClN2O2/c1-29(2)15-6-16-32-23-13-14-26-25(17-23)24(21-7-4-3-5-8-21)18-27(31)30(26)19-20-9-11-22(28)12-10-20/h3-5,7-14,17,24H,6,15-16,18-19H2,1-2H3. The lowest BCUT2D eigenvalue weighted by atomic mass is 9.83. The minimum atomic E-state index is 0.0190. The van der Waals surface area contributed by atoms with Gasteiger partial charge in [0.2, 0.25) is 5.91 Å². The van der Waals surface area contributed by atoms with E-state index < -0.39 is 0 Å². The van der Waals surface area contributed by atoms with Gasteiger partial charge in [-0.3, -0.25) is 4.79 Å². The Morgan fingerprint density at radius 2 is 1.78 bits per heavy atom. The van der Waals surface area contributed by atoms with Gasteiger partial charge in [0.05, 0.1) is 13.2 Å². The number of amides is 1. The average molecular weight is 449 g/mol. The van der Waals surface area contributed by atoms with Gasteiger partial charge in [-0.2, -0.15) is 0 Å². The topological polar surface area (TPSA) is 32.8 Å². The Labute approximate surface area is 195 Å². The minimum absolute atomic E-state index is 0.0190. The van der Waals surface area contributed by atoms with Gasteiger partial charge in [0.25, 0.3) is 0 Å². The molecule has 1 aliphatic rings. The fourth-order valence-corrected chi connectivity index (χ4v) is 4.30. The highest BCUT2D eigenvalue weighted by Gasteiger charge is 2.32. The van der Waals surface area contributed by atoms with Crippen LogP contribution in [0.2, 0.25) is 5.02 Å². The molecule has 1 atom stereocenters. The zero-order valence-corrected chi connectivity index (χ0v) is 19.4. The lowest BCUT2D eigenvalue weighted by Gasteiger charge is -2.35. The zero-order valence-electron chi connectivity index (χ0n) is 18.6. The Kier molecular flexibility index (Phi) is 7.13. The SMILES string of the molecule is CN(C)CCCOc1ccc2c(c1)C(c1ccccc1)CC(=O)N2Cc1ccc(Cl)cc1. The van der Waals surface area contributed by atoms with Gasteiger partial charge in [0, 0.05) is 29.6 Å². The van der Waals surface area contributed by atoms with Gasteiger partial charge < -0.3 is 14.5 Å². The lowest BCUT2D eigenvalue weighted by Crippen LogP contribution is -2.36. The maximum atomic E-state index is 13.2. The summed E-state index contributed by atoms with van der Waals surface area (Å²) < 4.78 is 6.06. The van der Waals surface area contributed by atoms with E-state index in [1.807, 2.05) is 59.5 Å². The van der Waals surface area contributed by atoms with E-state index in [0.717, 1.165) is 41.1 Å². The molecular weight excluding hydrogens is 420 g/mol. The Morgan fingerprint density at radius 3 is 2.50 bits per heavy atom. The third-order valence-electron chi connectivity index (χ3n) is 5.82. The van der Waals surface area contributed by atoms with E-state index in [1.165, 1.54) is 0 Å².